The number of carbonyl (C=O) groups excluding carboxylic acids is 2. The van der Waals surface area contributed by atoms with Crippen molar-refractivity contribution in [2.24, 2.45) is 5.92 Å². The van der Waals surface area contributed by atoms with Gasteiger partial charge in [0.15, 0.2) is 11.5 Å². The van der Waals surface area contributed by atoms with Gasteiger partial charge in [-0.3, -0.25) is 9.59 Å². The quantitative estimate of drug-likeness (QED) is 0.307. The zero-order chi connectivity index (χ0) is 26.7. The number of ether oxygens (including phenoxy) is 2. The van der Waals surface area contributed by atoms with Gasteiger partial charge in [-0.05, 0) is 68.0 Å². The number of halogens is 2. The number of amides is 2. The number of hydrogen-bond donors (Lipinski definition) is 1. The van der Waals surface area contributed by atoms with Crippen LogP contribution in [0.5, 0.6) is 11.5 Å². The second-order valence-corrected chi connectivity index (χ2v) is 9.81. The van der Waals surface area contributed by atoms with Crippen molar-refractivity contribution in [3.05, 3.63) is 57.6 Å². The van der Waals surface area contributed by atoms with Crippen molar-refractivity contribution in [2.45, 2.75) is 66.5 Å². The fourth-order valence-electron chi connectivity index (χ4n) is 3.82. The molecule has 0 saturated carbocycles. The van der Waals surface area contributed by atoms with E-state index in [4.69, 9.17) is 32.7 Å². The Labute approximate surface area is 225 Å². The lowest BCUT2D eigenvalue weighted by molar-refractivity contribution is -0.141. The second-order valence-electron chi connectivity index (χ2n) is 8.97. The highest BCUT2D eigenvalue weighted by Gasteiger charge is 2.29. The maximum Gasteiger partial charge on any atom is 0.242 e. The molecule has 0 aromatic heterocycles. The molecule has 0 aliphatic carbocycles. The van der Waals surface area contributed by atoms with E-state index in [2.05, 4.69) is 5.32 Å². The zero-order valence-corrected chi connectivity index (χ0v) is 23.4. The molecule has 1 N–H and O–H groups in total. The fraction of sp³-hybridized carbons (Fsp3) is 0.500. The maximum atomic E-state index is 13.5. The first-order valence-corrected chi connectivity index (χ1v) is 13.3. The Morgan fingerprint density at radius 2 is 1.67 bits per heavy atom. The van der Waals surface area contributed by atoms with Crippen molar-refractivity contribution in [2.75, 3.05) is 19.8 Å². The molecule has 0 heterocycles. The van der Waals surface area contributed by atoms with Crippen LogP contribution < -0.4 is 14.8 Å². The topological polar surface area (TPSA) is 67.9 Å². The van der Waals surface area contributed by atoms with Crippen LogP contribution in [0, 0.1) is 5.92 Å². The summed E-state index contributed by atoms with van der Waals surface area (Å²) < 4.78 is 11.4. The van der Waals surface area contributed by atoms with E-state index in [1.54, 1.807) is 23.1 Å². The van der Waals surface area contributed by atoms with Crippen molar-refractivity contribution in [1.82, 2.24) is 10.2 Å². The standard InChI is InChI=1S/C28H38Cl2N2O4/c1-6-24(28(34)31-17-19(4)5)32(18-21-11-12-22(29)16-23(21)30)27(33)14-10-20-9-13-25(35-7-2)26(15-20)36-8-3/h9,11-13,15-16,19,24H,6-8,10,14,17-18H2,1-5H3,(H,31,34)/t24-/m0/s1. The highest BCUT2D eigenvalue weighted by molar-refractivity contribution is 6.35. The summed E-state index contributed by atoms with van der Waals surface area (Å²) in [5.74, 6) is 1.36. The van der Waals surface area contributed by atoms with Gasteiger partial charge < -0.3 is 19.7 Å². The van der Waals surface area contributed by atoms with Gasteiger partial charge in [0.2, 0.25) is 11.8 Å². The lowest BCUT2D eigenvalue weighted by Crippen LogP contribution is -2.49. The monoisotopic (exact) mass is 536 g/mol. The number of carbonyl (C=O) groups is 2. The molecular formula is C28H38Cl2N2O4. The highest BCUT2D eigenvalue weighted by Crippen LogP contribution is 2.29. The maximum absolute atomic E-state index is 13.5. The molecule has 8 heteroatoms. The zero-order valence-electron chi connectivity index (χ0n) is 21.9. The Morgan fingerprint density at radius 1 is 0.972 bits per heavy atom. The third-order valence-corrected chi connectivity index (χ3v) is 6.25. The molecule has 36 heavy (non-hydrogen) atoms. The van der Waals surface area contributed by atoms with Gasteiger partial charge in [0.05, 0.1) is 13.2 Å². The van der Waals surface area contributed by atoms with Crippen molar-refractivity contribution < 1.29 is 19.1 Å². The van der Waals surface area contributed by atoms with Crippen LogP contribution in [-0.4, -0.2) is 42.5 Å². The lowest BCUT2D eigenvalue weighted by atomic mass is 10.1. The SMILES string of the molecule is CCOc1ccc(CCC(=O)N(Cc2ccc(Cl)cc2Cl)[C@@H](CC)C(=O)NCC(C)C)cc1OCC. The summed E-state index contributed by atoms with van der Waals surface area (Å²) in [6.45, 7) is 11.6. The summed E-state index contributed by atoms with van der Waals surface area (Å²) in [7, 11) is 0. The molecule has 2 aromatic rings. The van der Waals surface area contributed by atoms with Crippen LogP contribution in [0.4, 0.5) is 0 Å². The van der Waals surface area contributed by atoms with Gasteiger partial charge >= 0.3 is 0 Å². The summed E-state index contributed by atoms with van der Waals surface area (Å²) in [6.07, 6.45) is 1.22. The van der Waals surface area contributed by atoms with Crippen LogP contribution in [0.1, 0.15) is 58.6 Å². The summed E-state index contributed by atoms with van der Waals surface area (Å²) >= 11 is 12.5. The predicted molar refractivity (Wildman–Crippen MR) is 146 cm³/mol. The molecule has 0 unspecified atom stereocenters. The Hall–Kier alpha value is -2.44. The number of benzene rings is 2. The van der Waals surface area contributed by atoms with E-state index in [9.17, 15) is 9.59 Å². The minimum absolute atomic E-state index is 0.126. The minimum atomic E-state index is -0.609. The van der Waals surface area contributed by atoms with E-state index in [0.717, 1.165) is 11.1 Å². The van der Waals surface area contributed by atoms with Crippen LogP contribution in [0.3, 0.4) is 0 Å². The van der Waals surface area contributed by atoms with Crippen LogP contribution in [0.2, 0.25) is 10.0 Å². The molecule has 1 atom stereocenters. The summed E-state index contributed by atoms with van der Waals surface area (Å²) in [5.41, 5.74) is 1.70. The van der Waals surface area contributed by atoms with Crippen LogP contribution in [-0.2, 0) is 22.6 Å². The molecule has 2 aromatic carbocycles. The van der Waals surface area contributed by atoms with Crippen LogP contribution in [0.25, 0.3) is 0 Å². The molecule has 0 aliphatic rings. The third kappa shape index (κ3) is 8.90. The summed E-state index contributed by atoms with van der Waals surface area (Å²) in [6, 6.07) is 10.3. The highest BCUT2D eigenvalue weighted by atomic mass is 35.5. The van der Waals surface area contributed by atoms with E-state index in [1.807, 2.05) is 52.8 Å². The van der Waals surface area contributed by atoms with E-state index >= 15 is 0 Å². The molecule has 2 rings (SSSR count). The third-order valence-electron chi connectivity index (χ3n) is 5.66. The average Bonchev–Trinajstić information content (AvgIpc) is 2.84. The Kier molecular flexibility index (Phi) is 12.4. The van der Waals surface area contributed by atoms with Gasteiger partial charge in [0.1, 0.15) is 6.04 Å². The lowest BCUT2D eigenvalue weighted by Gasteiger charge is -2.31. The van der Waals surface area contributed by atoms with Gasteiger partial charge in [-0.1, -0.05) is 56.1 Å². The molecule has 0 bridgehead atoms. The number of rotatable bonds is 14. The van der Waals surface area contributed by atoms with Crippen LogP contribution >= 0.6 is 23.2 Å². The predicted octanol–water partition coefficient (Wildman–Crippen LogP) is 6.30. The smallest absolute Gasteiger partial charge is 0.242 e. The largest absolute Gasteiger partial charge is 0.490 e. The Bertz CT molecular complexity index is 1010. The summed E-state index contributed by atoms with van der Waals surface area (Å²) in [5, 5.41) is 3.96. The second kappa shape index (κ2) is 15.0. The minimum Gasteiger partial charge on any atom is -0.490 e. The first kappa shape index (κ1) is 29.8. The number of nitrogens with one attached hydrogen (secondary N) is 1. The van der Waals surface area contributed by atoms with Gasteiger partial charge in [-0.2, -0.15) is 0 Å². The molecule has 0 saturated heterocycles. The first-order chi connectivity index (χ1) is 17.2. The van der Waals surface area contributed by atoms with Gasteiger partial charge in [-0.15, -0.1) is 0 Å². The van der Waals surface area contributed by atoms with E-state index in [-0.39, 0.29) is 24.8 Å². The number of nitrogens with zero attached hydrogens (tertiary/aromatic N) is 1. The van der Waals surface area contributed by atoms with Crippen molar-refractivity contribution >= 4 is 35.0 Å². The molecule has 2 amide bonds. The van der Waals surface area contributed by atoms with Crippen molar-refractivity contribution in [1.29, 1.82) is 0 Å². The molecule has 0 fully saturated rings. The molecule has 0 spiro atoms. The summed E-state index contributed by atoms with van der Waals surface area (Å²) in [4.78, 5) is 28.2. The van der Waals surface area contributed by atoms with E-state index in [1.165, 1.54) is 0 Å². The Balaban J connectivity index is 2.26. The molecular weight excluding hydrogens is 499 g/mol. The van der Waals surface area contributed by atoms with Crippen LogP contribution in [0.15, 0.2) is 36.4 Å². The molecule has 198 valence electrons. The molecule has 0 radical (unpaired) electrons. The number of aryl methyl sites for hydroxylation is 1. The fourth-order valence-corrected chi connectivity index (χ4v) is 4.29. The normalized spacial score (nSPS) is 11.8. The van der Waals surface area contributed by atoms with Crippen molar-refractivity contribution in [3.8, 4) is 11.5 Å². The van der Waals surface area contributed by atoms with Gasteiger partial charge in [-0.25, -0.2) is 0 Å². The van der Waals surface area contributed by atoms with Crippen molar-refractivity contribution in [3.63, 3.8) is 0 Å². The number of hydrogen-bond acceptors (Lipinski definition) is 4. The van der Waals surface area contributed by atoms with Gasteiger partial charge in [0, 0.05) is 29.6 Å². The first-order valence-electron chi connectivity index (χ1n) is 12.6. The van der Waals surface area contributed by atoms with Gasteiger partial charge in [0.25, 0.3) is 0 Å². The molecule has 0 aliphatic heterocycles. The Morgan fingerprint density at radius 3 is 2.28 bits per heavy atom. The average molecular weight is 538 g/mol. The molecule has 6 nitrogen and oxygen atoms in total. The van der Waals surface area contributed by atoms with E-state index in [0.29, 0.717) is 60.1 Å². The van der Waals surface area contributed by atoms with E-state index < -0.39 is 6.04 Å².